The quantitative estimate of drug-likeness (QED) is 0.826. The Morgan fingerprint density at radius 3 is 2.11 bits per heavy atom. The third kappa shape index (κ3) is 5.46. The van der Waals surface area contributed by atoms with Crippen LogP contribution in [0.2, 0.25) is 0 Å². The van der Waals surface area contributed by atoms with Gasteiger partial charge in [-0.05, 0) is 18.8 Å². The molecule has 0 fully saturated rings. The molecular formula is C14H27N3S. The van der Waals surface area contributed by atoms with Crippen LogP contribution in [0.4, 0.5) is 0 Å². The second-order valence-electron chi connectivity index (χ2n) is 5.95. The zero-order chi connectivity index (χ0) is 13.7. The lowest BCUT2D eigenvalue weighted by Crippen LogP contribution is -2.31. The molecule has 18 heavy (non-hydrogen) atoms. The maximum atomic E-state index is 5.85. The first-order chi connectivity index (χ1) is 8.38. The second kappa shape index (κ2) is 7.22. The fourth-order valence-electron chi connectivity index (χ4n) is 2.07. The van der Waals surface area contributed by atoms with E-state index < -0.39 is 0 Å². The van der Waals surface area contributed by atoms with E-state index in [9.17, 15) is 0 Å². The van der Waals surface area contributed by atoms with Crippen LogP contribution in [0.1, 0.15) is 51.4 Å². The molecule has 4 heteroatoms. The lowest BCUT2D eigenvalue weighted by atomic mass is 10.1. The van der Waals surface area contributed by atoms with E-state index in [0.717, 1.165) is 30.3 Å². The molecule has 2 N–H and O–H groups in total. The van der Waals surface area contributed by atoms with E-state index in [1.807, 2.05) is 6.92 Å². The summed E-state index contributed by atoms with van der Waals surface area (Å²) in [6, 6.07) is 0.0485. The van der Waals surface area contributed by atoms with Crippen molar-refractivity contribution in [3.05, 3.63) is 16.1 Å². The van der Waals surface area contributed by atoms with Gasteiger partial charge in [-0.25, -0.2) is 4.98 Å². The van der Waals surface area contributed by atoms with Gasteiger partial charge >= 0.3 is 0 Å². The molecule has 0 saturated heterocycles. The zero-order valence-corrected chi connectivity index (χ0v) is 13.1. The van der Waals surface area contributed by atoms with Crippen molar-refractivity contribution in [3.8, 4) is 0 Å². The van der Waals surface area contributed by atoms with Gasteiger partial charge in [0.2, 0.25) is 0 Å². The molecule has 0 spiro atoms. The molecule has 0 aliphatic rings. The van der Waals surface area contributed by atoms with Gasteiger partial charge in [0, 0.05) is 25.0 Å². The van der Waals surface area contributed by atoms with Gasteiger partial charge in [-0.1, -0.05) is 27.7 Å². The lowest BCUT2D eigenvalue weighted by Gasteiger charge is -2.25. The molecule has 1 atom stereocenters. The van der Waals surface area contributed by atoms with Crippen LogP contribution >= 0.6 is 11.3 Å². The van der Waals surface area contributed by atoms with Crippen LogP contribution in [0.25, 0.3) is 0 Å². The number of nitrogens with zero attached hydrogens (tertiary/aromatic N) is 2. The molecule has 1 aromatic heterocycles. The Balaban J connectivity index is 2.63. The highest BCUT2D eigenvalue weighted by Crippen LogP contribution is 2.18. The van der Waals surface area contributed by atoms with Gasteiger partial charge in [0.15, 0.2) is 0 Å². The molecule has 1 aromatic rings. The fourth-order valence-corrected chi connectivity index (χ4v) is 2.84. The molecule has 3 nitrogen and oxygen atoms in total. The van der Waals surface area contributed by atoms with Crippen LogP contribution in [0.15, 0.2) is 5.38 Å². The Hall–Kier alpha value is -0.450. The number of aromatic nitrogens is 1. The smallest absolute Gasteiger partial charge is 0.109 e. The van der Waals surface area contributed by atoms with Crippen LogP contribution in [-0.2, 0) is 6.54 Å². The Kier molecular flexibility index (Phi) is 6.26. The van der Waals surface area contributed by atoms with Gasteiger partial charge in [0.05, 0.1) is 11.7 Å². The Morgan fingerprint density at radius 2 is 1.72 bits per heavy atom. The topological polar surface area (TPSA) is 42.1 Å². The van der Waals surface area contributed by atoms with E-state index >= 15 is 0 Å². The predicted octanol–water partition coefficient (Wildman–Crippen LogP) is 3.28. The monoisotopic (exact) mass is 269 g/mol. The van der Waals surface area contributed by atoms with Gasteiger partial charge in [0.25, 0.3) is 0 Å². The summed E-state index contributed by atoms with van der Waals surface area (Å²) in [5, 5.41) is 3.19. The highest BCUT2D eigenvalue weighted by atomic mass is 32.1. The molecule has 104 valence electrons. The minimum atomic E-state index is 0.0485. The van der Waals surface area contributed by atoms with E-state index in [2.05, 4.69) is 43.0 Å². The van der Waals surface area contributed by atoms with Crippen molar-refractivity contribution in [1.82, 2.24) is 9.88 Å². The summed E-state index contributed by atoms with van der Waals surface area (Å²) in [6.07, 6.45) is 0. The van der Waals surface area contributed by atoms with Crippen LogP contribution in [0.3, 0.4) is 0 Å². The summed E-state index contributed by atoms with van der Waals surface area (Å²) < 4.78 is 0. The lowest BCUT2D eigenvalue weighted by molar-refractivity contribution is 0.209. The van der Waals surface area contributed by atoms with Crippen molar-refractivity contribution in [3.63, 3.8) is 0 Å². The molecule has 1 rings (SSSR count). The third-order valence-electron chi connectivity index (χ3n) is 2.59. The van der Waals surface area contributed by atoms with Gasteiger partial charge in [0.1, 0.15) is 5.01 Å². The van der Waals surface area contributed by atoms with Crippen LogP contribution in [0.5, 0.6) is 0 Å². The maximum absolute atomic E-state index is 5.85. The first kappa shape index (κ1) is 15.6. The van der Waals surface area contributed by atoms with Crippen molar-refractivity contribution in [2.45, 2.75) is 47.2 Å². The van der Waals surface area contributed by atoms with E-state index in [-0.39, 0.29) is 6.04 Å². The van der Waals surface area contributed by atoms with Crippen molar-refractivity contribution in [1.29, 1.82) is 0 Å². The molecule has 1 unspecified atom stereocenters. The third-order valence-corrected chi connectivity index (χ3v) is 3.69. The first-order valence-corrected chi connectivity index (χ1v) is 7.68. The number of hydrogen-bond donors (Lipinski definition) is 1. The second-order valence-corrected chi connectivity index (χ2v) is 6.84. The summed E-state index contributed by atoms with van der Waals surface area (Å²) in [7, 11) is 0. The van der Waals surface area contributed by atoms with Crippen molar-refractivity contribution in [2.75, 3.05) is 13.1 Å². The Labute approximate surface area is 115 Å². The SMILES string of the molecule is CC(C)CN(Cc1csc(C(C)N)n1)CC(C)C. The van der Waals surface area contributed by atoms with Crippen LogP contribution < -0.4 is 5.73 Å². The van der Waals surface area contributed by atoms with Gasteiger partial charge < -0.3 is 5.73 Å². The number of hydrogen-bond acceptors (Lipinski definition) is 4. The van der Waals surface area contributed by atoms with Gasteiger partial charge in [-0.2, -0.15) is 0 Å². The molecule has 0 bridgehead atoms. The molecular weight excluding hydrogens is 242 g/mol. The summed E-state index contributed by atoms with van der Waals surface area (Å²) >= 11 is 1.67. The van der Waals surface area contributed by atoms with Crippen LogP contribution in [0, 0.1) is 11.8 Å². The van der Waals surface area contributed by atoms with Crippen molar-refractivity contribution >= 4 is 11.3 Å². The summed E-state index contributed by atoms with van der Waals surface area (Å²) in [4.78, 5) is 7.11. The predicted molar refractivity (Wildman–Crippen MR) is 79.7 cm³/mol. The van der Waals surface area contributed by atoms with Crippen molar-refractivity contribution in [2.24, 2.45) is 17.6 Å². The molecule has 1 heterocycles. The Morgan fingerprint density at radius 1 is 1.17 bits per heavy atom. The molecule has 0 aliphatic heterocycles. The first-order valence-electron chi connectivity index (χ1n) is 6.80. The summed E-state index contributed by atoms with van der Waals surface area (Å²) in [6.45, 7) is 14.3. The minimum absolute atomic E-state index is 0.0485. The van der Waals surface area contributed by atoms with Crippen molar-refractivity contribution < 1.29 is 0 Å². The highest BCUT2D eigenvalue weighted by molar-refractivity contribution is 7.09. The van der Waals surface area contributed by atoms with E-state index in [4.69, 9.17) is 5.73 Å². The molecule has 0 amide bonds. The number of nitrogens with two attached hydrogens (primary N) is 1. The zero-order valence-electron chi connectivity index (χ0n) is 12.3. The average molecular weight is 269 g/mol. The molecule has 0 aliphatic carbocycles. The summed E-state index contributed by atoms with van der Waals surface area (Å²) in [5.41, 5.74) is 7.01. The van der Waals surface area contributed by atoms with E-state index in [0.29, 0.717) is 11.8 Å². The molecule has 0 aromatic carbocycles. The summed E-state index contributed by atoms with van der Waals surface area (Å²) in [5.74, 6) is 1.38. The maximum Gasteiger partial charge on any atom is 0.109 e. The molecule has 0 saturated carbocycles. The highest BCUT2D eigenvalue weighted by Gasteiger charge is 2.13. The molecule has 0 radical (unpaired) electrons. The minimum Gasteiger partial charge on any atom is -0.322 e. The van der Waals surface area contributed by atoms with Crippen LogP contribution in [-0.4, -0.2) is 23.0 Å². The van der Waals surface area contributed by atoms with Gasteiger partial charge in [-0.15, -0.1) is 11.3 Å². The Bertz CT molecular complexity index is 335. The van der Waals surface area contributed by atoms with E-state index in [1.54, 1.807) is 11.3 Å². The fraction of sp³-hybridized carbons (Fsp3) is 0.786. The standard InChI is InChI=1S/C14H27N3S/c1-10(2)6-17(7-11(3)4)8-13-9-18-14(16-13)12(5)15/h9-12H,6-8,15H2,1-5H3. The van der Waals surface area contributed by atoms with Gasteiger partial charge in [-0.3, -0.25) is 4.90 Å². The average Bonchev–Trinajstić information content (AvgIpc) is 2.63. The normalized spacial score (nSPS) is 13.8. The van der Waals surface area contributed by atoms with E-state index in [1.165, 1.54) is 0 Å². The largest absolute Gasteiger partial charge is 0.322 e. The number of thiazole rings is 1. The number of rotatable bonds is 7.